The Morgan fingerprint density at radius 1 is 0.786 bits per heavy atom. The van der Waals surface area contributed by atoms with Gasteiger partial charge in [-0.2, -0.15) is 0 Å². The van der Waals surface area contributed by atoms with Crippen molar-refractivity contribution in [2.75, 3.05) is 20.3 Å². The van der Waals surface area contributed by atoms with Crippen molar-refractivity contribution in [3.63, 3.8) is 0 Å². The van der Waals surface area contributed by atoms with Gasteiger partial charge in [0, 0.05) is 12.8 Å². The third-order valence-electron chi connectivity index (χ3n) is 4.03. The van der Waals surface area contributed by atoms with E-state index in [1.807, 2.05) is 0 Å². The molecule has 0 atom stereocenters. The van der Waals surface area contributed by atoms with Crippen LogP contribution in [0, 0.1) is 0 Å². The summed E-state index contributed by atoms with van der Waals surface area (Å²) in [5, 5.41) is 0. The molecule has 0 aliphatic carbocycles. The molecule has 0 aromatic heterocycles. The van der Waals surface area contributed by atoms with Crippen molar-refractivity contribution in [1.82, 2.24) is 0 Å². The van der Waals surface area contributed by atoms with Gasteiger partial charge in [-0.15, -0.1) is 0 Å². The first-order valence-corrected chi connectivity index (χ1v) is 9.10. The van der Waals surface area contributed by atoms with Crippen LogP contribution in [0.5, 0.6) is 5.75 Å². The summed E-state index contributed by atoms with van der Waals surface area (Å²) in [4.78, 5) is 36.0. The van der Waals surface area contributed by atoms with Crippen LogP contribution < -0.4 is 4.74 Å². The number of benzene rings is 2. The number of hydrogen-bond acceptors (Lipinski definition) is 6. The van der Waals surface area contributed by atoms with Crippen LogP contribution in [0.4, 0.5) is 0 Å². The molecule has 0 bridgehead atoms. The van der Waals surface area contributed by atoms with E-state index >= 15 is 0 Å². The van der Waals surface area contributed by atoms with Gasteiger partial charge in [0.15, 0.2) is 0 Å². The van der Waals surface area contributed by atoms with Crippen LogP contribution in [-0.2, 0) is 27.1 Å². The number of ketones is 1. The zero-order chi connectivity index (χ0) is 20.5. The third-order valence-corrected chi connectivity index (χ3v) is 4.03. The molecule has 0 aliphatic rings. The molecule has 6 heteroatoms. The van der Waals surface area contributed by atoms with Gasteiger partial charge in [-0.1, -0.05) is 18.2 Å². The van der Waals surface area contributed by atoms with E-state index in [2.05, 4.69) is 0 Å². The number of Topliss-reactive ketones (excluding diaryl/α,β-unsaturated/α-hetero) is 1. The molecular formula is C22H24O6. The van der Waals surface area contributed by atoms with E-state index in [0.29, 0.717) is 23.5 Å². The maximum absolute atomic E-state index is 12.4. The lowest BCUT2D eigenvalue weighted by Crippen LogP contribution is -2.10. The Morgan fingerprint density at radius 2 is 1.36 bits per heavy atom. The van der Waals surface area contributed by atoms with E-state index in [1.165, 1.54) is 7.11 Å². The zero-order valence-electron chi connectivity index (χ0n) is 16.3. The number of carbonyl (C=O) groups is 3. The number of ether oxygens (including phenoxy) is 3. The van der Waals surface area contributed by atoms with Gasteiger partial charge < -0.3 is 14.2 Å². The molecule has 0 heterocycles. The Labute approximate surface area is 164 Å². The first kappa shape index (κ1) is 21.2. The Balaban J connectivity index is 2.02. The molecule has 0 saturated carbocycles. The van der Waals surface area contributed by atoms with Crippen molar-refractivity contribution in [2.24, 2.45) is 0 Å². The predicted molar refractivity (Wildman–Crippen MR) is 104 cm³/mol. The van der Waals surface area contributed by atoms with Crippen LogP contribution in [0.3, 0.4) is 0 Å². The van der Waals surface area contributed by atoms with Crippen LogP contribution in [0.25, 0.3) is 0 Å². The van der Waals surface area contributed by atoms with Crippen LogP contribution in [0.15, 0.2) is 42.5 Å². The Morgan fingerprint density at radius 3 is 1.96 bits per heavy atom. The van der Waals surface area contributed by atoms with Crippen molar-refractivity contribution in [3.05, 3.63) is 64.7 Å². The zero-order valence-corrected chi connectivity index (χ0v) is 16.3. The Hall–Kier alpha value is -3.15. The molecule has 2 rings (SSSR count). The van der Waals surface area contributed by atoms with Gasteiger partial charge in [0.2, 0.25) is 0 Å². The number of esters is 2. The number of hydrogen-bond donors (Lipinski definition) is 0. The monoisotopic (exact) mass is 384 g/mol. The van der Waals surface area contributed by atoms with Gasteiger partial charge in [-0.05, 0) is 49.2 Å². The van der Waals surface area contributed by atoms with E-state index in [4.69, 9.17) is 14.2 Å². The molecule has 0 spiro atoms. The molecule has 0 amide bonds. The fourth-order valence-electron chi connectivity index (χ4n) is 2.71. The maximum Gasteiger partial charge on any atom is 0.341 e. The van der Waals surface area contributed by atoms with Gasteiger partial charge in [0.1, 0.15) is 17.1 Å². The van der Waals surface area contributed by atoms with Gasteiger partial charge in [0.25, 0.3) is 0 Å². The van der Waals surface area contributed by atoms with Crippen molar-refractivity contribution < 1.29 is 28.6 Å². The number of rotatable bonds is 9. The molecule has 0 fully saturated rings. The van der Waals surface area contributed by atoms with Crippen molar-refractivity contribution in [2.45, 2.75) is 26.7 Å². The van der Waals surface area contributed by atoms with Crippen LogP contribution >= 0.6 is 0 Å². The minimum atomic E-state index is -0.459. The fraction of sp³-hybridized carbons (Fsp3) is 0.318. The van der Waals surface area contributed by atoms with Crippen LogP contribution in [-0.4, -0.2) is 38.0 Å². The van der Waals surface area contributed by atoms with E-state index in [1.54, 1.807) is 56.3 Å². The van der Waals surface area contributed by atoms with Crippen molar-refractivity contribution >= 4 is 17.7 Å². The average molecular weight is 384 g/mol. The second kappa shape index (κ2) is 10.3. The van der Waals surface area contributed by atoms with E-state index in [-0.39, 0.29) is 31.2 Å². The highest BCUT2D eigenvalue weighted by Crippen LogP contribution is 2.22. The first-order valence-electron chi connectivity index (χ1n) is 9.10. The minimum Gasteiger partial charge on any atom is -0.496 e. The molecule has 2 aromatic carbocycles. The third kappa shape index (κ3) is 5.67. The highest BCUT2D eigenvalue weighted by molar-refractivity contribution is 5.93. The highest BCUT2D eigenvalue weighted by atomic mass is 16.5. The number of methoxy groups -OCH3 is 1. The predicted octanol–water partition coefficient (Wildman–Crippen LogP) is 3.40. The Bertz CT molecular complexity index is 839. The van der Waals surface area contributed by atoms with Gasteiger partial charge in [-0.25, -0.2) is 9.59 Å². The molecular weight excluding hydrogens is 360 g/mol. The van der Waals surface area contributed by atoms with Crippen LogP contribution in [0.1, 0.15) is 45.7 Å². The van der Waals surface area contributed by atoms with Crippen LogP contribution in [0.2, 0.25) is 0 Å². The molecule has 0 unspecified atom stereocenters. The standard InChI is InChI=1S/C22H24O6/c1-4-27-21(24)17-9-6-15(7-10-17)12-18(23)13-16-8-11-19(20(14-16)26-3)22(25)28-5-2/h6-11,14H,4-5,12-13H2,1-3H3. The second-order valence-corrected chi connectivity index (χ2v) is 6.06. The molecule has 0 aliphatic heterocycles. The molecule has 0 saturated heterocycles. The summed E-state index contributed by atoms with van der Waals surface area (Å²) in [6, 6.07) is 11.8. The van der Waals surface area contributed by atoms with E-state index in [0.717, 1.165) is 11.1 Å². The Kier molecular flexibility index (Phi) is 7.75. The molecule has 148 valence electrons. The average Bonchev–Trinajstić information content (AvgIpc) is 2.68. The summed E-state index contributed by atoms with van der Waals surface area (Å²) in [5.74, 6) is -0.453. The molecule has 2 aromatic rings. The lowest BCUT2D eigenvalue weighted by atomic mass is 10.0. The van der Waals surface area contributed by atoms with E-state index in [9.17, 15) is 14.4 Å². The summed E-state index contributed by atoms with van der Waals surface area (Å²) in [6.07, 6.45) is 0.449. The molecule has 0 N–H and O–H groups in total. The quantitative estimate of drug-likeness (QED) is 0.617. The highest BCUT2D eigenvalue weighted by Gasteiger charge is 2.15. The van der Waals surface area contributed by atoms with Gasteiger partial charge in [0.05, 0.1) is 25.9 Å². The summed E-state index contributed by atoms with van der Waals surface area (Å²) in [7, 11) is 1.47. The van der Waals surface area contributed by atoms with Crippen molar-refractivity contribution in [1.29, 1.82) is 0 Å². The second-order valence-electron chi connectivity index (χ2n) is 6.06. The maximum atomic E-state index is 12.4. The molecule has 6 nitrogen and oxygen atoms in total. The molecule has 0 radical (unpaired) electrons. The van der Waals surface area contributed by atoms with Gasteiger partial charge >= 0.3 is 11.9 Å². The summed E-state index contributed by atoms with van der Waals surface area (Å²) in [6.45, 7) is 4.07. The lowest BCUT2D eigenvalue weighted by molar-refractivity contribution is -0.117. The fourth-order valence-corrected chi connectivity index (χ4v) is 2.71. The van der Waals surface area contributed by atoms with E-state index < -0.39 is 5.97 Å². The lowest BCUT2D eigenvalue weighted by Gasteiger charge is -2.10. The normalized spacial score (nSPS) is 10.2. The van der Waals surface area contributed by atoms with Gasteiger partial charge in [-0.3, -0.25) is 4.79 Å². The minimum absolute atomic E-state index is 0.00909. The largest absolute Gasteiger partial charge is 0.496 e. The smallest absolute Gasteiger partial charge is 0.341 e. The summed E-state index contributed by atoms with van der Waals surface area (Å²) in [5.41, 5.74) is 2.35. The number of carbonyl (C=O) groups excluding carboxylic acids is 3. The SMILES string of the molecule is CCOC(=O)c1ccc(CC(=O)Cc2ccc(C(=O)OCC)c(OC)c2)cc1. The summed E-state index contributed by atoms with van der Waals surface area (Å²) < 4.78 is 15.2. The first-order chi connectivity index (χ1) is 13.5. The topological polar surface area (TPSA) is 78.9 Å². The molecule has 28 heavy (non-hydrogen) atoms. The van der Waals surface area contributed by atoms with Crippen molar-refractivity contribution in [3.8, 4) is 5.75 Å². The summed E-state index contributed by atoms with van der Waals surface area (Å²) >= 11 is 0.